The third-order valence-corrected chi connectivity index (χ3v) is 3.67. The molecule has 1 aromatic carbocycles. The van der Waals surface area contributed by atoms with Gasteiger partial charge in [0.15, 0.2) is 0 Å². The lowest BCUT2D eigenvalue weighted by atomic mass is 10.1. The Labute approximate surface area is 121 Å². The van der Waals surface area contributed by atoms with Crippen molar-refractivity contribution in [1.82, 2.24) is 15.5 Å². The van der Waals surface area contributed by atoms with Gasteiger partial charge in [0.2, 0.25) is 5.91 Å². The van der Waals surface area contributed by atoms with E-state index in [1.165, 1.54) is 32.4 Å². The van der Waals surface area contributed by atoms with Gasteiger partial charge in [-0.2, -0.15) is 0 Å². The molecule has 0 radical (unpaired) electrons. The summed E-state index contributed by atoms with van der Waals surface area (Å²) in [6.07, 6.45) is 4.00. The van der Waals surface area contributed by atoms with Crippen molar-refractivity contribution >= 4 is 5.91 Å². The van der Waals surface area contributed by atoms with Crippen molar-refractivity contribution in [3.8, 4) is 0 Å². The van der Waals surface area contributed by atoms with Crippen LogP contribution in [0.2, 0.25) is 0 Å². The Kier molecular flexibility index (Phi) is 6.54. The smallest absolute Gasteiger partial charge is 0.234 e. The maximum absolute atomic E-state index is 11.7. The van der Waals surface area contributed by atoms with Crippen molar-refractivity contribution < 1.29 is 4.79 Å². The van der Waals surface area contributed by atoms with Crippen molar-refractivity contribution in [3.63, 3.8) is 0 Å². The van der Waals surface area contributed by atoms with Gasteiger partial charge in [-0.1, -0.05) is 36.8 Å². The van der Waals surface area contributed by atoms with Gasteiger partial charge in [-0.15, -0.1) is 0 Å². The van der Waals surface area contributed by atoms with E-state index in [1.54, 1.807) is 0 Å². The highest BCUT2D eigenvalue weighted by molar-refractivity contribution is 5.77. The minimum Gasteiger partial charge on any atom is -0.351 e. The lowest BCUT2D eigenvalue weighted by Crippen LogP contribution is -2.39. The zero-order chi connectivity index (χ0) is 14.0. The topological polar surface area (TPSA) is 44.4 Å². The van der Waals surface area contributed by atoms with E-state index in [-0.39, 0.29) is 5.91 Å². The second-order valence-corrected chi connectivity index (χ2v) is 5.34. The standard InChI is InChI=1S/C16H25N3O/c20-16(18-13-15-7-3-1-4-8-15)14-17-9-12-19-10-5-2-6-11-19/h1,3-4,7-8,17H,2,5-6,9-14H2,(H,18,20). The van der Waals surface area contributed by atoms with Crippen LogP contribution in [0.3, 0.4) is 0 Å². The van der Waals surface area contributed by atoms with Gasteiger partial charge in [0, 0.05) is 19.6 Å². The lowest BCUT2D eigenvalue weighted by molar-refractivity contribution is -0.120. The molecule has 1 fully saturated rings. The van der Waals surface area contributed by atoms with Crippen molar-refractivity contribution in [2.45, 2.75) is 25.8 Å². The third kappa shape index (κ3) is 5.72. The molecule has 4 nitrogen and oxygen atoms in total. The predicted molar refractivity (Wildman–Crippen MR) is 81.4 cm³/mol. The molecule has 1 amide bonds. The zero-order valence-corrected chi connectivity index (χ0v) is 12.1. The van der Waals surface area contributed by atoms with E-state index in [0.717, 1.165) is 18.7 Å². The van der Waals surface area contributed by atoms with Gasteiger partial charge >= 0.3 is 0 Å². The molecule has 1 aromatic rings. The molecule has 0 spiro atoms. The van der Waals surface area contributed by atoms with Gasteiger partial charge in [0.05, 0.1) is 6.54 Å². The summed E-state index contributed by atoms with van der Waals surface area (Å²) in [5.41, 5.74) is 1.13. The first-order chi connectivity index (χ1) is 9.84. The van der Waals surface area contributed by atoms with E-state index in [0.29, 0.717) is 13.1 Å². The van der Waals surface area contributed by atoms with Crippen molar-refractivity contribution in [3.05, 3.63) is 35.9 Å². The molecule has 0 aliphatic carbocycles. The van der Waals surface area contributed by atoms with Gasteiger partial charge in [-0.3, -0.25) is 4.79 Å². The highest BCUT2D eigenvalue weighted by atomic mass is 16.1. The van der Waals surface area contributed by atoms with Crippen LogP contribution in [0, 0.1) is 0 Å². The quantitative estimate of drug-likeness (QED) is 0.739. The largest absolute Gasteiger partial charge is 0.351 e. The van der Waals surface area contributed by atoms with E-state index < -0.39 is 0 Å². The summed E-state index contributed by atoms with van der Waals surface area (Å²) < 4.78 is 0. The van der Waals surface area contributed by atoms with Crippen LogP contribution < -0.4 is 10.6 Å². The predicted octanol–water partition coefficient (Wildman–Crippen LogP) is 1.38. The summed E-state index contributed by atoms with van der Waals surface area (Å²) in [4.78, 5) is 14.2. The number of amides is 1. The van der Waals surface area contributed by atoms with Crippen LogP contribution in [-0.2, 0) is 11.3 Å². The van der Waals surface area contributed by atoms with Gasteiger partial charge < -0.3 is 15.5 Å². The highest BCUT2D eigenvalue weighted by Gasteiger charge is 2.09. The Balaban J connectivity index is 1.51. The number of nitrogens with zero attached hydrogens (tertiary/aromatic N) is 1. The maximum atomic E-state index is 11.7. The average Bonchev–Trinajstić information content (AvgIpc) is 2.52. The number of hydrogen-bond acceptors (Lipinski definition) is 3. The fraction of sp³-hybridized carbons (Fsp3) is 0.562. The first-order valence-corrected chi connectivity index (χ1v) is 7.58. The van der Waals surface area contributed by atoms with Gasteiger partial charge in [-0.05, 0) is 31.5 Å². The number of carbonyl (C=O) groups is 1. The summed E-state index contributed by atoms with van der Waals surface area (Å²) in [5.74, 6) is 0.0625. The maximum Gasteiger partial charge on any atom is 0.234 e. The molecule has 2 N–H and O–H groups in total. The fourth-order valence-electron chi connectivity index (χ4n) is 2.48. The molecule has 1 saturated heterocycles. The summed E-state index contributed by atoms with van der Waals surface area (Å²) >= 11 is 0. The highest BCUT2D eigenvalue weighted by Crippen LogP contribution is 2.07. The van der Waals surface area contributed by atoms with Crippen LogP contribution >= 0.6 is 0 Å². The molecule has 110 valence electrons. The molecule has 1 heterocycles. The number of carbonyl (C=O) groups excluding carboxylic acids is 1. The van der Waals surface area contributed by atoms with Crippen molar-refractivity contribution in [1.29, 1.82) is 0 Å². The van der Waals surface area contributed by atoms with E-state index in [9.17, 15) is 4.79 Å². The number of nitrogens with one attached hydrogen (secondary N) is 2. The van der Waals surface area contributed by atoms with Crippen LogP contribution in [0.1, 0.15) is 24.8 Å². The molecular weight excluding hydrogens is 250 g/mol. The molecule has 20 heavy (non-hydrogen) atoms. The van der Waals surface area contributed by atoms with Gasteiger partial charge in [0.25, 0.3) is 0 Å². The normalized spacial score (nSPS) is 16.0. The second kappa shape index (κ2) is 8.72. The number of benzene rings is 1. The van der Waals surface area contributed by atoms with E-state index in [1.807, 2.05) is 30.3 Å². The Morgan fingerprint density at radius 3 is 2.60 bits per heavy atom. The monoisotopic (exact) mass is 275 g/mol. The molecule has 0 aromatic heterocycles. The van der Waals surface area contributed by atoms with Gasteiger partial charge in [-0.25, -0.2) is 0 Å². The average molecular weight is 275 g/mol. The first-order valence-electron chi connectivity index (χ1n) is 7.58. The molecule has 0 atom stereocenters. The van der Waals surface area contributed by atoms with Crippen LogP contribution in [0.4, 0.5) is 0 Å². The Bertz CT molecular complexity index is 388. The van der Waals surface area contributed by atoms with E-state index >= 15 is 0 Å². The molecule has 0 unspecified atom stereocenters. The van der Waals surface area contributed by atoms with Crippen molar-refractivity contribution in [2.75, 3.05) is 32.7 Å². The summed E-state index contributed by atoms with van der Waals surface area (Å²) in [7, 11) is 0. The Morgan fingerprint density at radius 2 is 1.85 bits per heavy atom. The van der Waals surface area contributed by atoms with Crippen LogP contribution in [0.15, 0.2) is 30.3 Å². The zero-order valence-electron chi connectivity index (χ0n) is 12.1. The number of rotatable bonds is 7. The summed E-state index contributed by atoms with van der Waals surface area (Å²) in [6.45, 7) is 5.36. The Hall–Kier alpha value is -1.39. The number of piperidine rings is 1. The van der Waals surface area contributed by atoms with E-state index in [2.05, 4.69) is 15.5 Å². The molecule has 2 rings (SSSR count). The van der Waals surface area contributed by atoms with Crippen LogP contribution in [0.25, 0.3) is 0 Å². The number of hydrogen-bond donors (Lipinski definition) is 2. The molecular formula is C16H25N3O. The SMILES string of the molecule is O=C(CNCCN1CCCCC1)NCc1ccccc1. The molecule has 1 aliphatic heterocycles. The fourth-order valence-corrected chi connectivity index (χ4v) is 2.48. The summed E-state index contributed by atoms with van der Waals surface area (Å²) in [5, 5.41) is 6.14. The summed E-state index contributed by atoms with van der Waals surface area (Å²) in [6, 6.07) is 9.98. The lowest BCUT2D eigenvalue weighted by Gasteiger charge is -2.26. The Morgan fingerprint density at radius 1 is 1.10 bits per heavy atom. The third-order valence-electron chi connectivity index (χ3n) is 3.67. The molecule has 4 heteroatoms. The van der Waals surface area contributed by atoms with Gasteiger partial charge in [0.1, 0.15) is 0 Å². The molecule has 0 bridgehead atoms. The van der Waals surface area contributed by atoms with Crippen LogP contribution in [-0.4, -0.2) is 43.5 Å². The molecule has 0 saturated carbocycles. The van der Waals surface area contributed by atoms with Crippen LogP contribution in [0.5, 0.6) is 0 Å². The molecule has 1 aliphatic rings. The van der Waals surface area contributed by atoms with E-state index in [4.69, 9.17) is 0 Å². The minimum absolute atomic E-state index is 0.0625. The first kappa shape index (κ1) is 15.0. The second-order valence-electron chi connectivity index (χ2n) is 5.34. The number of likely N-dealkylation sites (tertiary alicyclic amines) is 1. The van der Waals surface area contributed by atoms with Crippen molar-refractivity contribution in [2.24, 2.45) is 0 Å². The minimum atomic E-state index is 0.0625.